The molecule has 2 aliphatic rings. The van der Waals surface area contributed by atoms with Crippen molar-refractivity contribution >= 4 is 47.8 Å². The second kappa shape index (κ2) is 50.5. The Morgan fingerprint density at radius 1 is 0.901 bits per heavy atom. The van der Waals surface area contributed by atoms with Gasteiger partial charge < -0.3 is 56.4 Å². The summed E-state index contributed by atoms with van der Waals surface area (Å²) in [4.78, 5) is 51.5. The molecule has 1 saturated heterocycles. The number of anilines is 2. The van der Waals surface area contributed by atoms with Gasteiger partial charge in [-0.1, -0.05) is 125 Å². The van der Waals surface area contributed by atoms with E-state index in [0.717, 1.165) is 99.7 Å². The zero-order chi connectivity index (χ0) is 62.2. The van der Waals surface area contributed by atoms with Gasteiger partial charge in [0.25, 0.3) is 6.43 Å². The molecule has 0 saturated carbocycles. The number of rotatable bonds is 28. The molecule has 2 aliphatic heterocycles. The Labute approximate surface area is 496 Å². The van der Waals surface area contributed by atoms with Crippen molar-refractivity contribution in [2.24, 2.45) is 5.41 Å². The lowest BCUT2D eigenvalue weighted by atomic mass is 9.87. The predicted octanol–water partition coefficient (Wildman–Crippen LogP) is 12.8. The third-order valence-electron chi connectivity index (χ3n) is 12.5. The summed E-state index contributed by atoms with van der Waals surface area (Å²) in [5, 5.41) is 22.4. The molecule has 1 atom stereocenters. The van der Waals surface area contributed by atoms with E-state index in [1.807, 2.05) is 104 Å². The number of benzene rings is 2. The Morgan fingerprint density at radius 3 is 1.98 bits per heavy atom. The lowest BCUT2D eigenvalue weighted by molar-refractivity contribution is -0.132. The zero-order valence-corrected chi connectivity index (χ0v) is 54.5. The molecule has 2 aromatic carbocycles. The molecular weight excluding hydrogens is 1040 g/mol. The van der Waals surface area contributed by atoms with Crippen LogP contribution in [-0.4, -0.2) is 132 Å². The Morgan fingerprint density at radius 2 is 1.52 bits per heavy atom. The molecule has 15 nitrogen and oxygen atoms in total. The molecule has 4 amide bonds. The lowest BCUT2D eigenvalue weighted by Gasteiger charge is -2.33. The van der Waals surface area contributed by atoms with E-state index >= 15 is 0 Å². The van der Waals surface area contributed by atoms with Gasteiger partial charge in [-0.3, -0.25) is 9.59 Å². The minimum atomic E-state index is -2.64. The fraction of sp³-hybridized carbons (Fsp3) is 0.651. The number of nitrogens with one attached hydrogen (secondary N) is 7. The standard InChI is InChI=1S/C31H50F2N6O3.C14H22N2O.C8H17N.C4H7NS.C2H7N.2C2H6/c1-5-7-11-25-20-29(37(4)35-6-2)27(31(32)33)21-28(25)34-22-38(23-41)16-13-24(3)36-26-14-17-39(18-15-26)30(42)12-9-8-10-19-40;1-4-5-10-16(3)14(17)15-11-13-8-6-12(2)7-9-13;1-6-7(9-5)8(2,3)4;1-4-2-6-3-5-4;1-3-2;2*1-2/h19-21,23,26,31,34-36H,3,5-18,22H2,1-2,4H3;6-9H,4-5,10-11H2,1-3H3,(H,15,17);6-7,9H,1H2,2-5H3;2,5H,3H2,1H3;3H,1-2H3;2*1-2H3. The molecule has 0 aliphatic carbocycles. The first-order valence-corrected chi connectivity index (χ1v) is 30.7. The first-order valence-electron chi connectivity index (χ1n) is 29.7. The van der Waals surface area contributed by atoms with Gasteiger partial charge in [0.2, 0.25) is 12.3 Å². The van der Waals surface area contributed by atoms with Crippen molar-refractivity contribution < 1.29 is 28.0 Å². The quantitative estimate of drug-likeness (QED) is 0.0142. The molecule has 4 rings (SSSR count). The number of alkyl halides is 2. The Balaban J connectivity index is -0.00000126. The average molecular weight is 1160 g/mol. The third-order valence-corrected chi connectivity index (χ3v) is 13.3. The highest BCUT2D eigenvalue weighted by Crippen LogP contribution is 2.35. The number of amides is 4. The summed E-state index contributed by atoms with van der Waals surface area (Å²) in [6.45, 7) is 36.7. The molecule has 0 bridgehead atoms. The van der Waals surface area contributed by atoms with E-state index in [1.165, 1.54) is 17.3 Å². The first-order chi connectivity index (χ1) is 38.7. The summed E-state index contributed by atoms with van der Waals surface area (Å²) in [5.41, 5.74) is 9.77. The number of hydrogen-bond donors (Lipinski definition) is 7. The first kappa shape index (κ1) is 80.1. The van der Waals surface area contributed by atoms with Gasteiger partial charge in [0.05, 0.1) is 18.2 Å². The maximum Gasteiger partial charge on any atom is 0.317 e. The molecule has 7 N–H and O–H groups in total. The SMILES string of the molecule is C=C(CCN(C=O)CNc1cc(C(F)F)c(N(C)NCC)cc1CCCC)NC1CCN(C(=O)CCCCC=O)CC1.C=CC(NC)C(C)(C)C.CC.CC.CC1=CSCN1.CCCCN(C)C(=O)NCc1ccc(C)cc1.CNC. The van der Waals surface area contributed by atoms with E-state index < -0.39 is 6.43 Å². The van der Waals surface area contributed by atoms with Gasteiger partial charge in [-0.2, -0.15) is 0 Å². The van der Waals surface area contributed by atoms with Crippen LogP contribution in [0, 0.1) is 12.3 Å². The Kier molecular flexibility index (Phi) is 50.0. The van der Waals surface area contributed by atoms with Crippen LogP contribution in [-0.2, 0) is 27.3 Å². The largest absolute Gasteiger partial charge is 0.386 e. The van der Waals surface area contributed by atoms with Crippen LogP contribution < -0.4 is 42.3 Å². The second-order valence-electron chi connectivity index (χ2n) is 20.4. The molecule has 466 valence electrons. The second-order valence-corrected chi connectivity index (χ2v) is 21.3. The van der Waals surface area contributed by atoms with Crippen molar-refractivity contribution in [3.63, 3.8) is 0 Å². The van der Waals surface area contributed by atoms with Crippen molar-refractivity contribution in [2.75, 3.05) is 90.8 Å². The van der Waals surface area contributed by atoms with Crippen molar-refractivity contribution in [3.8, 4) is 0 Å². The number of likely N-dealkylation sites (N-methyl/N-ethyl adjacent to an activating group) is 1. The van der Waals surface area contributed by atoms with Crippen LogP contribution in [0.25, 0.3) is 0 Å². The minimum absolute atomic E-state index is 0.000903. The summed E-state index contributed by atoms with van der Waals surface area (Å²) in [6, 6.07) is 12.1. The molecular formula is C63H115F2N11O4S. The van der Waals surface area contributed by atoms with E-state index in [4.69, 9.17) is 0 Å². The van der Waals surface area contributed by atoms with Crippen molar-refractivity contribution in [3.05, 3.63) is 94.7 Å². The number of allylic oxidation sites excluding steroid dienone is 1. The smallest absolute Gasteiger partial charge is 0.317 e. The number of aryl methyl sites for hydroxylation is 2. The maximum absolute atomic E-state index is 14.0. The molecule has 1 fully saturated rings. The fourth-order valence-corrected chi connectivity index (χ4v) is 8.62. The van der Waals surface area contributed by atoms with E-state index in [1.54, 1.807) is 21.9 Å². The fourth-order valence-electron chi connectivity index (χ4n) is 7.89. The van der Waals surface area contributed by atoms with E-state index in [9.17, 15) is 28.0 Å². The van der Waals surface area contributed by atoms with Crippen molar-refractivity contribution in [1.82, 2.24) is 46.7 Å². The average Bonchev–Trinajstić information content (AvgIpc) is 3.95. The number of urea groups is 1. The van der Waals surface area contributed by atoms with E-state index in [0.29, 0.717) is 69.4 Å². The van der Waals surface area contributed by atoms with Crippen LogP contribution in [0.4, 0.5) is 25.0 Å². The number of unbranched alkanes of at least 4 members (excludes halogenated alkanes) is 4. The molecule has 0 spiro atoms. The number of hydrogen-bond acceptors (Lipinski definition) is 12. The number of halogens is 2. The Bertz CT molecular complexity index is 1980. The van der Waals surface area contributed by atoms with Gasteiger partial charge in [0.1, 0.15) is 6.29 Å². The summed E-state index contributed by atoms with van der Waals surface area (Å²) in [5.74, 6) is 1.20. The summed E-state index contributed by atoms with van der Waals surface area (Å²) >= 11 is 1.81. The molecule has 0 aromatic heterocycles. The molecule has 18 heteroatoms. The summed E-state index contributed by atoms with van der Waals surface area (Å²) in [6.07, 6.45) is 10.4. The molecule has 1 unspecified atom stereocenters. The highest BCUT2D eigenvalue weighted by atomic mass is 32.2. The molecule has 2 aromatic rings. The normalized spacial score (nSPS) is 12.7. The van der Waals surface area contributed by atoms with Gasteiger partial charge >= 0.3 is 6.03 Å². The Hall–Kier alpha value is -5.17. The number of hydrazine groups is 1. The van der Waals surface area contributed by atoms with Gasteiger partial charge in [-0.25, -0.2) is 19.0 Å². The van der Waals surface area contributed by atoms with Gasteiger partial charge in [-0.15, -0.1) is 18.3 Å². The molecule has 81 heavy (non-hydrogen) atoms. The number of piperidine rings is 1. The number of nitrogens with zero attached hydrogens (tertiary/aromatic N) is 4. The lowest BCUT2D eigenvalue weighted by Crippen LogP contribution is -2.44. The number of aldehydes is 1. The van der Waals surface area contributed by atoms with Gasteiger partial charge in [0, 0.05) is 107 Å². The monoisotopic (exact) mass is 1160 g/mol. The van der Waals surface area contributed by atoms with Crippen LogP contribution in [0.5, 0.6) is 0 Å². The number of thioether (sulfide) groups is 1. The van der Waals surface area contributed by atoms with Crippen LogP contribution in [0.3, 0.4) is 0 Å². The van der Waals surface area contributed by atoms with Gasteiger partial charge in [-0.05, 0) is 114 Å². The minimum Gasteiger partial charge on any atom is -0.386 e. The third kappa shape index (κ3) is 38.3. The van der Waals surface area contributed by atoms with Crippen LogP contribution in [0.15, 0.2) is 72.4 Å². The molecule has 0 radical (unpaired) electrons. The van der Waals surface area contributed by atoms with Crippen molar-refractivity contribution in [1.29, 1.82) is 0 Å². The van der Waals surface area contributed by atoms with Crippen LogP contribution >= 0.6 is 11.8 Å². The van der Waals surface area contributed by atoms with E-state index in [2.05, 4.69) is 116 Å². The van der Waals surface area contributed by atoms with Crippen LogP contribution in [0.1, 0.15) is 175 Å². The molecule has 2 heterocycles. The maximum atomic E-state index is 14.0. The zero-order valence-electron chi connectivity index (χ0n) is 53.6. The summed E-state index contributed by atoms with van der Waals surface area (Å²) < 4.78 is 28.0. The number of likely N-dealkylation sites (tertiary alicyclic amines) is 1. The van der Waals surface area contributed by atoms with Gasteiger partial charge in [0.15, 0.2) is 0 Å². The predicted molar refractivity (Wildman–Crippen MR) is 345 cm³/mol. The summed E-state index contributed by atoms with van der Waals surface area (Å²) in [7, 11) is 9.27. The van der Waals surface area contributed by atoms with Crippen molar-refractivity contribution in [2.45, 2.75) is 185 Å². The number of carbonyl (C=O) groups is 4. The van der Waals surface area contributed by atoms with E-state index in [-0.39, 0.29) is 35.6 Å². The highest BCUT2D eigenvalue weighted by molar-refractivity contribution is 8.02. The van der Waals surface area contributed by atoms with Crippen LogP contribution in [0.2, 0.25) is 0 Å². The topological polar surface area (TPSA) is 165 Å². The highest BCUT2D eigenvalue weighted by Gasteiger charge is 2.24. The number of carbonyl (C=O) groups excluding carboxylic acids is 4.